The van der Waals surface area contributed by atoms with Crippen molar-refractivity contribution >= 4 is 40.6 Å². The van der Waals surface area contributed by atoms with Crippen LogP contribution in [0.2, 0.25) is 5.02 Å². The van der Waals surface area contributed by atoms with Gasteiger partial charge in [-0.25, -0.2) is 9.97 Å². The molecule has 0 spiro atoms. The minimum absolute atomic E-state index is 0.114. The molecule has 0 unspecified atom stereocenters. The Morgan fingerprint density at radius 1 is 1.12 bits per heavy atom. The number of aromatic amines is 2. The van der Waals surface area contributed by atoms with Crippen LogP contribution < -0.4 is 16.2 Å². The smallest absolute Gasteiger partial charge is 0.292 e. The van der Waals surface area contributed by atoms with Crippen molar-refractivity contribution in [2.75, 3.05) is 10.6 Å². The van der Waals surface area contributed by atoms with Crippen molar-refractivity contribution < 1.29 is 9.59 Å². The van der Waals surface area contributed by atoms with E-state index < -0.39 is 17.2 Å². The van der Waals surface area contributed by atoms with Crippen LogP contribution in [0.1, 0.15) is 11.3 Å². The zero-order valence-electron chi connectivity index (χ0n) is 17.4. The third kappa shape index (κ3) is 5.17. The number of carbonyl (C=O) groups excluding carboxylic acids is 2. The highest BCUT2D eigenvalue weighted by molar-refractivity contribution is 6.41. The molecule has 2 aromatic heterocycles. The number of H-pyrrole nitrogens is 2. The molecule has 10 nitrogen and oxygen atoms in total. The Morgan fingerprint density at radius 2 is 1.91 bits per heavy atom. The number of imidazole rings is 1. The Balaban J connectivity index is 1.60. The van der Waals surface area contributed by atoms with Gasteiger partial charge in [-0.3, -0.25) is 19.4 Å². The number of hydrogen-bond acceptors (Lipinski definition) is 7. The average molecular weight is 474 g/mol. The van der Waals surface area contributed by atoms with Gasteiger partial charge >= 0.3 is 0 Å². The van der Waals surface area contributed by atoms with Crippen molar-refractivity contribution in [2.24, 2.45) is 0 Å². The van der Waals surface area contributed by atoms with E-state index in [1.54, 1.807) is 42.5 Å². The molecule has 0 radical (unpaired) electrons. The number of rotatable bonds is 7. The number of carbonyl (C=O) groups is 2. The number of anilines is 3. The molecule has 2 heterocycles. The summed E-state index contributed by atoms with van der Waals surface area (Å²) in [5.41, 5.74) is 1.14. The normalized spacial score (nSPS) is 10.4. The summed E-state index contributed by atoms with van der Waals surface area (Å²) < 4.78 is 0. The summed E-state index contributed by atoms with van der Waals surface area (Å²) in [6.45, 7) is 0. The lowest BCUT2D eigenvalue weighted by Gasteiger charge is -2.10. The van der Waals surface area contributed by atoms with E-state index in [2.05, 4.69) is 30.6 Å². The highest BCUT2D eigenvalue weighted by Gasteiger charge is 2.17. The molecule has 2 aromatic carbocycles. The number of halogens is 1. The second-order valence-electron chi connectivity index (χ2n) is 7.09. The molecule has 0 aliphatic heterocycles. The van der Waals surface area contributed by atoms with Gasteiger partial charge in [0.15, 0.2) is 0 Å². The molecule has 168 valence electrons. The number of hydrogen-bond donors (Lipinski definition) is 4. The number of nitrogens with one attached hydrogen (secondary N) is 4. The number of nitriles is 1. The van der Waals surface area contributed by atoms with Gasteiger partial charge in [0, 0.05) is 33.9 Å². The summed E-state index contributed by atoms with van der Waals surface area (Å²) in [7, 11) is 0. The lowest BCUT2D eigenvalue weighted by Crippen LogP contribution is -2.24. The van der Waals surface area contributed by atoms with Crippen molar-refractivity contribution in [1.82, 2.24) is 19.9 Å². The highest BCUT2D eigenvalue weighted by Crippen LogP contribution is 2.24. The molecule has 1 amide bonds. The minimum Gasteiger partial charge on any atom is -0.348 e. The van der Waals surface area contributed by atoms with Gasteiger partial charge in [0.2, 0.25) is 11.7 Å². The molecule has 0 saturated heterocycles. The Bertz CT molecular complexity index is 1460. The zero-order valence-corrected chi connectivity index (χ0v) is 18.2. The molecule has 0 aliphatic carbocycles. The third-order valence-corrected chi connectivity index (χ3v) is 4.94. The predicted molar refractivity (Wildman–Crippen MR) is 126 cm³/mol. The molecule has 4 aromatic rings. The summed E-state index contributed by atoms with van der Waals surface area (Å²) in [5, 5.41) is 15.6. The predicted octanol–water partition coefficient (Wildman–Crippen LogP) is 3.18. The van der Waals surface area contributed by atoms with Gasteiger partial charge < -0.3 is 15.6 Å². The van der Waals surface area contributed by atoms with Crippen LogP contribution in [0.4, 0.5) is 17.3 Å². The molecule has 11 heteroatoms. The maximum absolute atomic E-state index is 12.5. The summed E-state index contributed by atoms with van der Waals surface area (Å²) in [6, 6.07) is 15.0. The van der Waals surface area contributed by atoms with Crippen LogP contribution in [0, 0.1) is 11.3 Å². The van der Waals surface area contributed by atoms with E-state index in [0.29, 0.717) is 27.7 Å². The van der Waals surface area contributed by atoms with E-state index in [4.69, 9.17) is 11.6 Å². The van der Waals surface area contributed by atoms with Crippen LogP contribution in [-0.4, -0.2) is 31.6 Å². The van der Waals surface area contributed by atoms with E-state index in [9.17, 15) is 19.6 Å². The van der Waals surface area contributed by atoms with Gasteiger partial charge in [0.25, 0.3) is 11.5 Å². The standard InChI is InChI=1S/C23H16ClN7O3/c24-14-4-6-15(7-5-14)29-23-30-20(18(10-25)21(33)31-23)13-2-1-3-16(8-13)28-22(34)19(32)9-17-11-26-12-27-17/h1-8,11-12H,9H2,(H,26,27)(H,28,34)(H2,29,30,31,33). The monoisotopic (exact) mass is 473 g/mol. The first-order chi connectivity index (χ1) is 16.4. The Kier molecular flexibility index (Phi) is 6.47. The number of benzene rings is 2. The van der Waals surface area contributed by atoms with Crippen molar-refractivity contribution in [1.29, 1.82) is 5.26 Å². The third-order valence-electron chi connectivity index (χ3n) is 4.69. The fraction of sp³-hybridized carbons (Fsp3) is 0.0435. The van der Waals surface area contributed by atoms with E-state index in [1.165, 1.54) is 18.6 Å². The van der Waals surface area contributed by atoms with Crippen molar-refractivity contribution in [3.63, 3.8) is 0 Å². The fourth-order valence-electron chi connectivity index (χ4n) is 3.09. The quantitative estimate of drug-likeness (QED) is 0.300. The summed E-state index contributed by atoms with van der Waals surface area (Å²) in [6.07, 6.45) is 2.75. The van der Waals surface area contributed by atoms with Crippen LogP contribution in [0.25, 0.3) is 11.3 Å². The molecular formula is C23H16ClN7O3. The lowest BCUT2D eigenvalue weighted by molar-refractivity contribution is -0.134. The molecular weight excluding hydrogens is 458 g/mol. The van der Waals surface area contributed by atoms with Gasteiger partial charge in [-0.15, -0.1) is 0 Å². The molecule has 0 aliphatic rings. The Morgan fingerprint density at radius 3 is 2.62 bits per heavy atom. The maximum atomic E-state index is 12.5. The van der Waals surface area contributed by atoms with Crippen molar-refractivity contribution in [3.8, 4) is 17.3 Å². The molecule has 4 N–H and O–H groups in total. The van der Waals surface area contributed by atoms with Gasteiger partial charge in [0.1, 0.15) is 11.6 Å². The van der Waals surface area contributed by atoms with Gasteiger partial charge in [0.05, 0.1) is 18.4 Å². The van der Waals surface area contributed by atoms with Crippen LogP contribution in [-0.2, 0) is 16.0 Å². The van der Waals surface area contributed by atoms with Gasteiger partial charge in [-0.05, 0) is 36.4 Å². The van der Waals surface area contributed by atoms with Crippen molar-refractivity contribution in [3.05, 3.63) is 87.7 Å². The summed E-state index contributed by atoms with van der Waals surface area (Å²) in [5.74, 6) is -1.35. The van der Waals surface area contributed by atoms with E-state index >= 15 is 0 Å². The molecule has 34 heavy (non-hydrogen) atoms. The van der Waals surface area contributed by atoms with Crippen LogP contribution in [0.15, 0.2) is 65.8 Å². The lowest BCUT2D eigenvalue weighted by atomic mass is 10.1. The van der Waals surface area contributed by atoms with Crippen LogP contribution in [0.5, 0.6) is 0 Å². The first kappa shape index (κ1) is 22.4. The topological polar surface area (TPSA) is 156 Å². The largest absolute Gasteiger partial charge is 0.348 e. The second kappa shape index (κ2) is 9.81. The van der Waals surface area contributed by atoms with Gasteiger partial charge in [-0.1, -0.05) is 23.7 Å². The fourth-order valence-corrected chi connectivity index (χ4v) is 3.22. The molecule has 0 atom stereocenters. The van der Waals surface area contributed by atoms with Crippen LogP contribution >= 0.6 is 11.6 Å². The van der Waals surface area contributed by atoms with Crippen LogP contribution in [0.3, 0.4) is 0 Å². The summed E-state index contributed by atoms with van der Waals surface area (Å²) in [4.78, 5) is 50.5. The summed E-state index contributed by atoms with van der Waals surface area (Å²) >= 11 is 5.90. The number of ketones is 1. The van der Waals surface area contributed by atoms with E-state index in [0.717, 1.165) is 0 Å². The number of amides is 1. The second-order valence-corrected chi connectivity index (χ2v) is 7.53. The SMILES string of the molecule is N#Cc1c(-c2cccc(NC(=O)C(=O)Cc3cnc[nH]3)c2)nc(Nc2ccc(Cl)cc2)[nH]c1=O. The zero-order chi connectivity index (χ0) is 24.1. The molecule has 4 rings (SSSR count). The molecule has 0 fully saturated rings. The molecule has 0 saturated carbocycles. The highest BCUT2D eigenvalue weighted by atomic mass is 35.5. The number of nitrogens with zero attached hydrogens (tertiary/aromatic N) is 3. The maximum Gasteiger partial charge on any atom is 0.292 e. The first-order valence-electron chi connectivity index (χ1n) is 9.92. The minimum atomic E-state index is -0.809. The molecule has 0 bridgehead atoms. The van der Waals surface area contributed by atoms with Gasteiger partial charge in [-0.2, -0.15) is 5.26 Å². The number of Topliss-reactive ketones (excluding diaryl/α,β-unsaturated/α-hetero) is 1. The van der Waals surface area contributed by atoms with E-state index in [1.807, 2.05) is 6.07 Å². The Hall–Kier alpha value is -4.75. The first-order valence-corrected chi connectivity index (χ1v) is 10.3. The Labute approximate surface area is 197 Å². The number of aromatic nitrogens is 4. The average Bonchev–Trinajstić information content (AvgIpc) is 3.33. The van der Waals surface area contributed by atoms with Crippen molar-refractivity contribution in [2.45, 2.75) is 6.42 Å². The van der Waals surface area contributed by atoms with E-state index in [-0.39, 0.29) is 23.6 Å².